The first kappa shape index (κ1) is 18.0. The number of carbonyl (C=O) groups is 1. The van der Waals surface area contributed by atoms with Gasteiger partial charge >= 0.3 is 0 Å². The van der Waals surface area contributed by atoms with Crippen molar-refractivity contribution >= 4 is 11.6 Å². The van der Waals surface area contributed by atoms with Gasteiger partial charge in [0.25, 0.3) is 0 Å². The number of likely N-dealkylation sites (N-methyl/N-ethyl adjacent to an activating group) is 1. The third-order valence-corrected chi connectivity index (χ3v) is 5.38. The molecule has 1 aromatic rings. The number of rotatable bonds is 4. The molecule has 1 atom stereocenters. The Morgan fingerprint density at radius 1 is 1.08 bits per heavy atom. The van der Waals surface area contributed by atoms with Gasteiger partial charge in [-0.05, 0) is 38.2 Å². The summed E-state index contributed by atoms with van der Waals surface area (Å²) < 4.78 is 5.21. The van der Waals surface area contributed by atoms with Gasteiger partial charge in [0.15, 0.2) is 0 Å². The summed E-state index contributed by atoms with van der Waals surface area (Å²) in [6, 6.07) is 8.59. The van der Waals surface area contributed by atoms with Crippen LogP contribution in [0.3, 0.4) is 0 Å². The van der Waals surface area contributed by atoms with Crippen molar-refractivity contribution in [1.29, 1.82) is 0 Å². The van der Waals surface area contributed by atoms with Gasteiger partial charge in [-0.1, -0.05) is 0 Å². The largest absolute Gasteiger partial charge is 0.497 e. The van der Waals surface area contributed by atoms with Gasteiger partial charge in [-0.25, -0.2) is 0 Å². The van der Waals surface area contributed by atoms with Gasteiger partial charge in [0.1, 0.15) is 5.75 Å². The summed E-state index contributed by atoms with van der Waals surface area (Å²) in [7, 11) is 3.83. The second-order valence-corrected chi connectivity index (χ2v) is 7.15. The zero-order chi connectivity index (χ0) is 17.8. The van der Waals surface area contributed by atoms with E-state index in [1.54, 1.807) is 7.11 Å². The Morgan fingerprint density at radius 3 is 2.36 bits per heavy atom. The second-order valence-electron chi connectivity index (χ2n) is 7.15. The fraction of sp³-hybridized carbons (Fsp3) is 0.632. The molecule has 3 rings (SSSR count). The highest BCUT2D eigenvalue weighted by Gasteiger charge is 2.27. The molecule has 0 aliphatic carbocycles. The maximum Gasteiger partial charge on any atom is 0.236 e. The van der Waals surface area contributed by atoms with Crippen molar-refractivity contribution in [3.05, 3.63) is 24.3 Å². The number of hydrogen-bond acceptors (Lipinski definition) is 5. The van der Waals surface area contributed by atoms with Crippen LogP contribution in [0.15, 0.2) is 24.3 Å². The molecule has 2 aliphatic rings. The normalized spacial score (nSPS) is 22.9. The minimum Gasteiger partial charge on any atom is -0.497 e. The first-order valence-corrected chi connectivity index (χ1v) is 9.16. The van der Waals surface area contributed by atoms with E-state index in [2.05, 4.69) is 40.8 Å². The highest BCUT2D eigenvalue weighted by Crippen LogP contribution is 2.20. The minimum absolute atomic E-state index is 0.269. The quantitative estimate of drug-likeness (QED) is 0.813. The van der Waals surface area contributed by atoms with Crippen molar-refractivity contribution in [2.45, 2.75) is 13.0 Å². The summed E-state index contributed by atoms with van der Waals surface area (Å²) in [5.74, 6) is 1.14. The Hall–Kier alpha value is -1.79. The molecule has 0 saturated carbocycles. The maximum atomic E-state index is 12.7. The number of carbonyl (C=O) groups excluding carboxylic acids is 1. The molecule has 138 valence electrons. The third-order valence-electron chi connectivity index (χ3n) is 5.38. The summed E-state index contributed by atoms with van der Waals surface area (Å²) in [6.07, 6.45) is 0. The van der Waals surface area contributed by atoms with Crippen molar-refractivity contribution in [1.82, 2.24) is 14.7 Å². The third kappa shape index (κ3) is 4.44. The van der Waals surface area contributed by atoms with Crippen LogP contribution in [-0.4, -0.2) is 93.2 Å². The van der Waals surface area contributed by atoms with Gasteiger partial charge in [0.2, 0.25) is 5.91 Å². The number of methoxy groups -OCH3 is 1. The summed E-state index contributed by atoms with van der Waals surface area (Å²) in [4.78, 5) is 21.7. The van der Waals surface area contributed by atoms with Crippen molar-refractivity contribution in [3.8, 4) is 5.75 Å². The predicted molar refractivity (Wildman–Crippen MR) is 100 cm³/mol. The standard InChI is InChI=1S/C19H30N4O2/c1-16-14-20(2)8-9-23(16)15-19(24)22-12-10-21(11-13-22)17-4-6-18(25-3)7-5-17/h4-7,16H,8-15H2,1-3H3/t16-/m0/s1. The Kier molecular flexibility index (Phi) is 5.81. The second kappa shape index (κ2) is 8.06. The van der Waals surface area contributed by atoms with Crippen LogP contribution in [-0.2, 0) is 4.79 Å². The molecule has 1 aromatic carbocycles. The SMILES string of the molecule is COc1ccc(N2CCN(C(=O)CN3CCN(C)C[C@@H]3C)CC2)cc1. The molecule has 0 spiro atoms. The molecule has 2 heterocycles. The van der Waals surface area contributed by atoms with E-state index in [4.69, 9.17) is 4.74 Å². The lowest BCUT2D eigenvalue weighted by atomic mass is 10.2. The molecule has 1 amide bonds. The average Bonchev–Trinajstić information content (AvgIpc) is 2.64. The van der Waals surface area contributed by atoms with E-state index in [-0.39, 0.29) is 5.91 Å². The lowest BCUT2D eigenvalue weighted by Crippen LogP contribution is -2.56. The molecule has 2 fully saturated rings. The van der Waals surface area contributed by atoms with E-state index in [1.165, 1.54) is 5.69 Å². The molecule has 0 unspecified atom stereocenters. The first-order valence-electron chi connectivity index (χ1n) is 9.16. The highest BCUT2D eigenvalue weighted by molar-refractivity contribution is 5.78. The zero-order valence-electron chi connectivity index (χ0n) is 15.6. The Balaban J connectivity index is 1.48. The fourth-order valence-corrected chi connectivity index (χ4v) is 3.69. The molecular formula is C19H30N4O2. The van der Waals surface area contributed by atoms with Crippen LogP contribution < -0.4 is 9.64 Å². The number of benzene rings is 1. The Morgan fingerprint density at radius 2 is 1.76 bits per heavy atom. The van der Waals surface area contributed by atoms with Gasteiger partial charge in [0, 0.05) is 57.5 Å². The number of ether oxygens (including phenoxy) is 1. The van der Waals surface area contributed by atoms with Gasteiger partial charge < -0.3 is 19.4 Å². The van der Waals surface area contributed by atoms with Crippen LogP contribution in [0.5, 0.6) is 5.75 Å². The van der Waals surface area contributed by atoms with Crippen molar-refractivity contribution in [2.75, 3.05) is 71.4 Å². The summed E-state index contributed by atoms with van der Waals surface area (Å²) >= 11 is 0. The van der Waals surface area contributed by atoms with E-state index < -0.39 is 0 Å². The van der Waals surface area contributed by atoms with E-state index in [1.807, 2.05) is 17.0 Å². The van der Waals surface area contributed by atoms with Crippen molar-refractivity contribution < 1.29 is 9.53 Å². The van der Waals surface area contributed by atoms with Gasteiger partial charge in [-0.2, -0.15) is 0 Å². The first-order chi connectivity index (χ1) is 12.1. The number of anilines is 1. The van der Waals surface area contributed by atoms with E-state index >= 15 is 0 Å². The molecule has 0 bridgehead atoms. The average molecular weight is 346 g/mol. The van der Waals surface area contributed by atoms with E-state index in [0.29, 0.717) is 12.6 Å². The molecule has 6 heteroatoms. The predicted octanol–water partition coefficient (Wildman–Crippen LogP) is 0.980. The fourth-order valence-electron chi connectivity index (χ4n) is 3.69. The molecule has 0 radical (unpaired) electrons. The topological polar surface area (TPSA) is 39.3 Å². The summed E-state index contributed by atoms with van der Waals surface area (Å²) in [6.45, 7) is 9.20. The molecule has 2 aliphatic heterocycles. The van der Waals surface area contributed by atoms with E-state index in [9.17, 15) is 4.79 Å². The monoisotopic (exact) mass is 346 g/mol. The molecule has 25 heavy (non-hydrogen) atoms. The van der Waals surface area contributed by atoms with Crippen LogP contribution in [0.4, 0.5) is 5.69 Å². The lowest BCUT2D eigenvalue weighted by Gasteiger charge is -2.40. The molecule has 0 N–H and O–H groups in total. The number of hydrogen-bond donors (Lipinski definition) is 0. The zero-order valence-corrected chi connectivity index (χ0v) is 15.6. The molecular weight excluding hydrogens is 316 g/mol. The smallest absolute Gasteiger partial charge is 0.236 e. The molecule has 2 saturated heterocycles. The lowest BCUT2D eigenvalue weighted by molar-refractivity contribution is -0.133. The summed E-state index contributed by atoms with van der Waals surface area (Å²) in [5, 5.41) is 0. The van der Waals surface area contributed by atoms with Gasteiger partial charge in [-0.3, -0.25) is 9.69 Å². The van der Waals surface area contributed by atoms with Crippen LogP contribution in [0.2, 0.25) is 0 Å². The Bertz CT molecular complexity index is 569. The molecule has 0 aromatic heterocycles. The highest BCUT2D eigenvalue weighted by atomic mass is 16.5. The Labute approximate surface area is 150 Å². The number of piperazine rings is 2. The van der Waals surface area contributed by atoms with Crippen LogP contribution >= 0.6 is 0 Å². The van der Waals surface area contributed by atoms with Crippen LogP contribution in [0.1, 0.15) is 6.92 Å². The van der Waals surface area contributed by atoms with Gasteiger partial charge in [-0.15, -0.1) is 0 Å². The van der Waals surface area contributed by atoms with Crippen molar-refractivity contribution in [2.24, 2.45) is 0 Å². The van der Waals surface area contributed by atoms with E-state index in [0.717, 1.165) is 51.6 Å². The van der Waals surface area contributed by atoms with Crippen molar-refractivity contribution in [3.63, 3.8) is 0 Å². The van der Waals surface area contributed by atoms with Crippen LogP contribution in [0, 0.1) is 0 Å². The minimum atomic E-state index is 0.269. The molecule has 6 nitrogen and oxygen atoms in total. The summed E-state index contributed by atoms with van der Waals surface area (Å²) in [5.41, 5.74) is 1.19. The van der Waals surface area contributed by atoms with Crippen LogP contribution in [0.25, 0.3) is 0 Å². The van der Waals surface area contributed by atoms with Gasteiger partial charge in [0.05, 0.1) is 13.7 Å². The maximum absolute atomic E-state index is 12.7. The number of nitrogens with zero attached hydrogens (tertiary/aromatic N) is 4. The number of amides is 1.